The van der Waals surface area contributed by atoms with E-state index in [1.165, 1.54) is 40.4 Å². The predicted octanol–water partition coefficient (Wildman–Crippen LogP) is 3.91. The summed E-state index contributed by atoms with van der Waals surface area (Å²) in [7, 11) is 1.60. The van der Waals surface area contributed by atoms with Gasteiger partial charge in [0.25, 0.3) is 5.56 Å². The SMILES string of the molecule is COc1ccc(-c2csc3c(=O)n(CC(=O)Nc4ccccc4F)cnc23)cc1. The number of carbonyl (C=O) groups is 1. The van der Waals surface area contributed by atoms with E-state index in [0.29, 0.717) is 10.2 Å². The number of hydrogen-bond donors (Lipinski definition) is 1. The van der Waals surface area contributed by atoms with Crippen LogP contribution in [0.3, 0.4) is 0 Å². The number of benzene rings is 2. The molecule has 4 rings (SSSR count). The van der Waals surface area contributed by atoms with Gasteiger partial charge in [0.15, 0.2) is 0 Å². The van der Waals surface area contributed by atoms with Crippen molar-refractivity contribution in [2.45, 2.75) is 6.54 Å². The number of fused-ring (bicyclic) bond motifs is 1. The second kappa shape index (κ2) is 7.84. The van der Waals surface area contributed by atoms with Gasteiger partial charge in [0.05, 0.1) is 24.6 Å². The molecule has 0 saturated heterocycles. The molecule has 0 spiro atoms. The Bertz CT molecular complexity index is 1250. The summed E-state index contributed by atoms with van der Waals surface area (Å²) in [5.41, 5.74) is 2.09. The Kier molecular flexibility index (Phi) is 5.09. The van der Waals surface area contributed by atoms with Gasteiger partial charge >= 0.3 is 0 Å². The van der Waals surface area contributed by atoms with Crippen molar-refractivity contribution in [3.63, 3.8) is 0 Å². The van der Waals surface area contributed by atoms with Gasteiger partial charge in [0.2, 0.25) is 5.91 Å². The number of methoxy groups -OCH3 is 1. The third-order valence-electron chi connectivity index (χ3n) is 4.41. The zero-order valence-corrected chi connectivity index (χ0v) is 16.2. The highest BCUT2D eigenvalue weighted by Crippen LogP contribution is 2.31. The van der Waals surface area contributed by atoms with E-state index in [1.54, 1.807) is 13.2 Å². The van der Waals surface area contributed by atoms with E-state index < -0.39 is 11.7 Å². The zero-order chi connectivity index (χ0) is 20.4. The minimum atomic E-state index is -0.538. The molecule has 1 amide bonds. The third-order valence-corrected chi connectivity index (χ3v) is 5.37. The van der Waals surface area contributed by atoms with Gasteiger partial charge in [-0.1, -0.05) is 24.3 Å². The number of carbonyl (C=O) groups excluding carboxylic acids is 1. The predicted molar refractivity (Wildman–Crippen MR) is 111 cm³/mol. The van der Waals surface area contributed by atoms with Crippen molar-refractivity contribution in [3.8, 4) is 16.9 Å². The first-order valence-electron chi connectivity index (χ1n) is 8.72. The van der Waals surface area contributed by atoms with Crippen LogP contribution in [0.1, 0.15) is 0 Å². The summed E-state index contributed by atoms with van der Waals surface area (Å²) < 4.78 is 20.5. The van der Waals surface area contributed by atoms with Gasteiger partial charge in [0, 0.05) is 10.9 Å². The van der Waals surface area contributed by atoms with Crippen molar-refractivity contribution in [3.05, 3.63) is 76.4 Å². The molecule has 0 aliphatic carbocycles. The molecule has 1 N–H and O–H groups in total. The fraction of sp³-hybridized carbons (Fsp3) is 0.0952. The van der Waals surface area contributed by atoms with Crippen molar-refractivity contribution in [1.82, 2.24) is 9.55 Å². The molecule has 0 aliphatic heterocycles. The van der Waals surface area contributed by atoms with Crippen LogP contribution in [-0.4, -0.2) is 22.6 Å². The summed E-state index contributed by atoms with van der Waals surface area (Å²) in [4.78, 5) is 29.4. The van der Waals surface area contributed by atoms with E-state index in [-0.39, 0.29) is 17.8 Å². The first-order valence-corrected chi connectivity index (χ1v) is 9.60. The van der Waals surface area contributed by atoms with E-state index in [4.69, 9.17) is 4.74 Å². The molecule has 2 aromatic carbocycles. The lowest BCUT2D eigenvalue weighted by atomic mass is 10.1. The summed E-state index contributed by atoms with van der Waals surface area (Å²) in [5, 5.41) is 4.33. The molecule has 146 valence electrons. The maximum absolute atomic E-state index is 13.7. The van der Waals surface area contributed by atoms with Gasteiger partial charge < -0.3 is 10.1 Å². The number of nitrogens with one attached hydrogen (secondary N) is 1. The Labute approximate surface area is 169 Å². The minimum Gasteiger partial charge on any atom is -0.497 e. The van der Waals surface area contributed by atoms with Crippen LogP contribution in [0.25, 0.3) is 21.3 Å². The fourth-order valence-electron chi connectivity index (χ4n) is 2.94. The van der Waals surface area contributed by atoms with E-state index in [2.05, 4.69) is 10.3 Å². The molecule has 0 radical (unpaired) electrons. The lowest BCUT2D eigenvalue weighted by molar-refractivity contribution is -0.116. The van der Waals surface area contributed by atoms with Crippen LogP contribution >= 0.6 is 11.3 Å². The van der Waals surface area contributed by atoms with E-state index in [0.717, 1.165) is 16.9 Å². The van der Waals surface area contributed by atoms with E-state index >= 15 is 0 Å². The van der Waals surface area contributed by atoms with E-state index in [1.807, 2.05) is 29.6 Å². The second-order valence-corrected chi connectivity index (χ2v) is 7.14. The highest BCUT2D eigenvalue weighted by Gasteiger charge is 2.14. The highest BCUT2D eigenvalue weighted by atomic mass is 32.1. The van der Waals surface area contributed by atoms with Crippen LogP contribution in [0.5, 0.6) is 5.75 Å². The Morgan fingerprint density at radius 2 is 1.97 bits per heavy atom. The van der Waals surface area contributed by atoms with Gasteiger partial charge in [-0.05, 0) is 29.8 Å². The van der Waals surface area contributed by atoms with E-state index in [9.17, 15) is 14.0 Å². The maximum Gasteiger partial charge on any atom is 0.271 e. The first-order chi connectivity index (χ1) is 14.1. The van der Waals surface area contributed by atoms with Crippen molar-refractivity contribution in [1.29, 1.82) is 0 Å². The molecule has 6 nitrogen and oxygen atoms in total. The van der Waals surface area contributed by atoms with Crippen LogP contribution in [0.15, 0.2) is 65.0 Å². The number of amides is 1. The average molecular weight is 409 g/mol. The largest absolute Gasteiger partial charge is 0.497 e. The Morgan fingerprint density at radius 1 is 1.21 bits per heavy atom. The topological polar surface area (TPSA) is 73.2 Å². The normalized spacial score (nSPS) is 10.8. The average Bonchev–Trinajstić information content (AvgIpc) is 3.17. The molecule has 0 fully saturated rings. The number of ether oxygens (including phenoxy) is 1. The number of rotatable bonds is 5. The summed E-state index contributed by atoms with van der Waals surface area (Å²) in [6.07, 6.45) is 1.34. The van der Waals surface area contributed by atoms with Crippen molar-refractivity contribution >= 4 is 33.1 Å². The first kappa shape index (κ1) is 18.8. The number of anilines is 1. The van der Waals surface area contributed by atoms with Crippen molar-refractivity contribution in [2.24, 2.45) is 0 Å². The van der Waals surface area contributed by atoms with Crippen LogP contribution in [-0.2, 0) is 11.3 Å². The minimum absolute atomic E-state index is 0.0671. The number of thiophene rings is 1. The highest BCUT2D eigenvalue weighted by molar-refractivity contribution is 7.17. The fourth-order valence-corrected chi connectivity index (χ4v) is 3.91. The van der Waals surface area contributed by atoms with Gasteiger partial charge in [-0.3, -0.25) is 14.2 Å². The smallest absolute Gasteiger partial charge is 0.271 e. The monoisotopic (exact) mass is 409 g/mol. The summed E-state index contributed by atoms with van der Waals surface area (Å²) >= 11 is 1.27. The molecule has 0 bridgehead atoms. The van der Waals surface area contributed by atoms with Crippen molar-refractivity contribution in [2.75, 3.05) is 12.4 Å². The molecule has 0 saturated carbocycles. The number of aromatic nitrogens is 2. The lowest BCUT2D eigenvalue weighted by Crippen LogP contribution is -2.27. The van der Waals surface area contributed by atoms with Gasteiger partial charge in [-0.15, -0.1) is 11.3 Å². The molecule has 29 heavy (non-hydrogen) atoms. The van der Waals surface area contributed by atoms with Crippen LogP contribution in [0, 0.1) is 5.82 Å². The van der Waals surface area contributed by atoms with Gasteiger partial charge in [-0.2, -0.15) is 0 Å². The molecular formula is C21H16FN3O3S. The van der Waals surface area contributed by atoms with Crippen molar-refractivity contribution < 1.29 is 13.9 Å². The summed E-state index contributed by atoms with van der Waals surface area (Å²) in [6, 6.07) is 13.3. The zero-order valence-electron chi connectivity index (χ0n) is 15.4. The number of hydrogen-bond acceptors (Lipinski definition) is 5. The third kappa shape index (κ3) is 3.74. The van der Waals surface area contributed by atoms with Gasteiger partial charge in [0.1, 0.15) is 22.8 Å². The van der Waals surface area contributed by atoms with Crippen LogP contribution in [0.2, 0.25) is 0 Å². The standard InChI is InChI=1S/C21H16FN3O3S/c1-28-14-8-6-13(7-9-14)15-11-29-20-19(15)23-12-25(21(20)27)10-18(26)24-17-5-3-2-4-16(17)22/h2-9,11-12H,10H2,1H3,(H,24,26). The second-order valence-electron chi connectivity index (χ2n) is 6.26. The molecule has 0 atom stereocenters. The van der Waals surface area contributed by atoms with Crippen LogP contribution < -0.4 is 15.6 Å². The Hall–Kier alpha value is -3.52. The number of nitrogens with zero attached hydrogens (tertiary/aromatic N) is 2. The molecule has 2 aromatic heterocycles. The molecule has 4 aromatic rings. The Balaban J connectivity index is 1.60. The number of para-hydroxylation sites is 1. The summed E-state index contributed by atoms with van der Waals surface area (Å²) in [5.74, 6) is -0.307. The Morgan fingerprint density at radius 3 is 2.69 bits per heavy atom. The molecule has 0 unspecified atom stereocenters. The summed E-state index contributed by atoms with van der Waals surface area (Å²) in [6.45, 7) is -0.258. The molecule has 8 heteroatoms. The van der Waals surface area contributed by atoms with Gasteiger partial charge in [-0.25, -0.2) is 9.37 Å². The number of halogens is 1. The lowest BCUT2D eigenvalue weighted by Gasteiger charge is -2.08. The molecule has 0 aliphatic rings. The maximum atomic E-state index is 13.7. The van der Waals surface area contributed by atoms with Crippen LogP contribution in [0.4, 0.5) is 10.1 Å². The molecule has 2 heterocycles. The molecular weight excluding hydrogens is 393 g/mol. The quantitative estimate of drug-likeness (QED) is 0.542.